The van der Waals surface area contributed by atoms with E-state index in [-0.39, 0.29) is 5.91 Å². The lowest BCUT2D eigenvalue weighted by Gasteiger charge is -2.26. The third kappa shape index (κ3) is 2.81. The van der Waals surface area contributed by atoms with Crippen molar-refractivity contribution in [3.63, 3.8) is 0 Å². The van der Waals surface area contributed by atoms with Gasteiger partial charge in [0.2, 0.25) is 5.91 Å². The summed E-state index contributed by atoms with van der Waals surface area (Å²) in [4.78, 5) is 13.3. The molecule has 1 amide bonds. The summed E-state index contributed by atoms with van der Waals surface area (Å²) in [6.45, 7) is 4.32. The smallest absolute Gasteiger partial charge is 0.248 e. The van der Waals surface area contributed by atoms with Crippen molar-refractivity contribution in [2.45, 2.75) is 6.54 Å². The van der Waals surface area contributed by atoms with Crippen LogP contribution in [-0.2, 0) is 11.3 Å². The summed E-state index contributed by atoms with van der Waals surface area (Å²) in [6.07, 6.45) is 0. The van der Waals surface area contributed by atoms with Crippen molar-refractivity contribution >= 4 is 5.91 Å². The van der Waals surface area contributed by atoms with Crippen molar-refractivity contribution in [1.29, 1.82) is 0 Å². The summed E-state index contributed by atoms with van der Waals surface area (Å²) in [5, 5.41) is 0. The summed E-state index contributed by atoms with van der Waals surface area (Å²) in [5.41, 5.74) is 6.94. The molecule has 0 aliphatic carbocycles. The lowest BCUT2D eigenvalue weighted by molar-refractivity contribution is 0.0342. The molecule has 1 aliphatic rings. The Hall–Kier alpha value is -1.39. The first kappa shape index (κ1) is 11.1. The Balaban J connectivity index is 2.02. The minimum atomic E-state index is -0.371. The van der Waals surface area contributed by atoms with Gasteiger partial charge < -0.3 is 10.5 Å². The van der Waals surface area contributed by atoms with E-state index in [1.807, 2.05) is 18.2 Å². The van der Waals surface area contributed by atoms with Gasteiger partial charge in [-0.05, 0) is 17.7 Å². The van der Waals surface area contributed by atoms with E-state index in [9.17, 15) is 4.79 Å². The van der Waals surface area contributed by atoms with Crippen LogP contribution in [-0.4, -0.2) is 37.1 Å². The van der Waals surface area contributed by atoms with Crippen molar-refractivity contribution in [3.05, 3.63) is 35.4 Å². The molecule has 0 atom stereocenters. The van der Waals surface area contributed by atoms with E-state index in [2.05, 4.69) is 4.90 Å². The van der Waals surface area contributed by atoms with E-state index in [0.29, 0.717) is 5.56 Å². The first-order valence-corrected chi connectivity index (χ1v) is 5.44. The second kappa shape index (κ2) is 5.09. The maximum atomic E-state index is 11.0. The topological polar surface area (TPSA) is 55.6 Å². The Bertz CT molecular complexity index is 373. The molecule has 1 fully saturated rings. The number of amides is 1. The predicted molar refractivity (Wildman–Crippen MR) is 61.1 cm³/mol. The van der Waals surface area contributed by atoms with Gasteiger partial charge in [-0.1, -0.05) is 12.1 Å². The number of carbonyl (C=O) groups is 1. The van der Waals surface area contributed by atoms with Crippen molar-refractivity contribution in [2.24, 2.45) is 5.73 Å². The second-order valence-corrected chi connectivity index (χ2v) is 3.95. The molecule has 2 N–H and O–H groups in total. The molecular weight excluding hydrogens is 204 g/mol. The largest absolute Gasteiger partial charge is 0.379 e. The zero-order valence-electron chi connectivity index (χ0n) is 9.19. The van der Waals surface area contributed by atoms with E-state index in [4.69, 9.17) is 10.5 Å². The molecule has 4 heteroatoms. The van der Waals surface area contributed by atoms with Crippen LogP contribution in [0.1, 0.15) is 15.9 Å². The molecule has 1 saturated heterocycles. The Morgan fingerprint density at radius 1 is 1.38 bits per heavy atom. The SMILES string of the molecule is NC(=O)c1cccc(CN2CCOCC2)c1. The first-order valence-electron chi connectivity index (χ1n) is 5.44. The van der Waals surface area contributed by atoms with E-state index in [1.165, 1.54) is 0 Å². The Morgan fingerprint density at radius 3 is 2.81 bits per heavy atom. The highest BCUT2D eigenvalue weighted by molar-refractivity contribution is 5.92. The number of primary amides is 1. The van der Waals surface area contributed by atoms with Crippen LogP contribution >= 0.6 is 0 Å². The molecule has 1 aromatic rings. The summed E-state index contributed by atoms with van der Waals surface area (Å²) < 4.78 is 5.28. The summed E-state index contributed by atoms with van der Waals surface area (Å²) in [5.74, 6) is -0.371. The van der Waals surface area contributed by atoms with Gasteiger partial charge in [-0.25, -0.2) is 0 Å². The van der Waals surface area contributed by atoms with E-state index < -0.39 is 0 Å². The highest BCUT2D eigenvalue weighted by atomic mass is 16.5. The molecule has 1 aliphatic heterocycles. The fourth-order valence-corrected chi connectivity index (χ4v) is 1.84. The van der Waals surface area contributed by atoms with Crippen LogP contribution in [0.25, 0.3) is 0 Å². The predicted octanol–water partition coefficient (Wildman–Crippen LogP) is 0.618. The highest BCUT2D eigenvalue weighted by Gasteiger charge is 2.11. The van der Waals surface area contributed by atoms with Gasteiger partial charge in [-0.15, -0.1) is 0 Å². The number of hydrogen-bond acceptors (Lipinski definition) is 3. The molecule has 86 valence electrons. The molecule has 0 unspecified atom stereocenters. The molecule has 16 heavy (non-hydrogen) atoms. The van der Waals surface area contributed by atoms with Crippen molar-refractivity contribution in [1.82, 2.24) is 4.90 Å². The van der Waals surface area contributed by atoms with E-state index in [1.54, 1.807) is 6.07 Å². The number of hydrogen-bond donors (Lipinski definition) is 1. The average molecular weight is 220 g/mol. The molecule has 1 heterocycles. The third-order valence-corrected chi connectivity index (χ3v) is 2.72. The number of carbonyl (C=O) groups excluding carboxylic acids is 1. The number of nitrogens with zero attached hydrogens (tertiary/aromatic N) is 1. The summed E-state index contributed by atoms with van der Waals surface area (Å²) >= 11 is 0. The van der Waals surface area contributed by atoms with Crippen LogP contribution in [0.15, 0.2) is 24.3 Å². The molecule has 0 saturated carbocycles. The monoisotopic (exact) mass is 220 g/mol. The molecule has 4 nitrogen and oxygen atoms in total. The second-order valence-electron chi connectivity index (χ2n) is 3.95. The van der Waals surface area contributed by atoms with Gasteiger partial charge in [0.25, 0.3) is 0 Å². The molecular formula is C12H16N2O2. The normalized spacial score (nSPS) is 17.2. The van der Waals surface area contributed by atoms with Gasteiger partial charge >= 0.3 is 0 Å². The van der Waals surface area contributed by atoms with Crippen molar-refractivity contribution < 1.29 is 9.53 Å². The molecule has 2 rings (SSSR count). The average Bonchev–Trinajstić information content (AvgIpc) is 2.30. The lowest BCUT2D eigenvalue weighted by atomic mass is 10.1. The van der Waals surface area contributed by atoms with Crippen LogP contribution in [0.5, 0.6) is 0 Å². The zero-order valence-corrected chi connectivity index (χ0v) is 9.19. The maximum absolute atomic E-state index is 11.0. The van der Waals surface area contributed by atoms with Crippen LogP contribution in [0.2, 0.25) is 0 Å². The van der Waals surface area contributed by atoms with E-state index in [0.717, 1.165) is 38.4 Å². The van der Waals surface area contributed by atoms with Gasteiger partial charge in [0.05, 0.1) is 13.2 Å². The van der Waals surface area contributed by atoms with Crippen molar-refractivity contribution in [2.75, 3.05) is 26.3 Å². The summed E-state index contributed by atoms with van der Waals surface area (Å²) in [6, 6.07) is 7.49. The zero-order chi connectivity index (χ0) is 11.4. The Morgan fingerprint density at radius 2 is 2.12 bits per heavy atom. The quantitative estimate of drug-likeness (QED) is 0.812. The molecule has 0 bridgehead atoms. The lowest BCUT2D eigenvalue weighted by Crippen LogP contribution is -2.35. The number of nitrogens with two attached hydrogens (primary N) is 1. The number of rotatable bonds is 3. The number of ether oxygens (including phenoxy) is 1. The first-order chi connectivity index (χ1) is 7.75. The van der Waals surface area contributed by atoms with Gasteiger partial charge in [-0.2, -0.15) is 0 Å². The minimum absolute atomic E-state index is 0.371. The minimum Gasteiger partial charge on any atom is -0.379 e. The summed E-state index contributed by atoms with van der Waals surface area (Å²) in [7, 11) is 0. The van der Waals surface area contributed by atoms with Gasteiger partial charge in [0.15, 0.2) is 0 Å². The Labute approximate surface area is 95.0 Å². The molecule has 0 spiro atoms. The van der Waals surface area contributed by atoms with Gasteiger partial charge in [0.1, 0.15) is 0 Å². The number of morpholine rings is 1. The van der Waals surface area contributed by atoms with Crippen molar-refractivity contribution in [3.8, 4) is 0 Å². The highest BCUT2D eigenvalue weighted by Crippen LogP contribution is 2.09. The van der Waals surface area contributed by atoms with E-state index >= 15 is 0 Å². The Kier molecular flexibility index (Phi) is 3.54. The molecule has 0 aromatic heterocycles. The van der Waals surface area contributed by atoms with Gasteiger partial charge in [0, 0.05) is 25.2 Å². The van der Waals surface area contributed by atoms with Crippen LogP contribution in [0, 0.1) is 0 Å². The van der Waals surface area contributed by atoms with Crippen LogP contribution in [0.3, 0.4) is 0 Å². The fourth-order valence-electron chi connectivity index (χ4n) is 1.84. The fraction of sp³-hybridized carbons (Fsp3) is 0.417. The maximum Gasteiger partial charge on any atom is 0.248 e. The molecule has 0 radical (unpaired) electrons. The van der Waals surface area contributed by atoms with Crippen LogP contribution in [0.4, 0.5) is 0 Å². The molecule has 1 aromatic carbocycles. The third-order valence-electron chi connectivity index (χ3n) is 2.72. The number of benzene rings is 1. The standard InChI is InChI=1S/C12H16N2O2/c13-12(15)11-3-1-2-10(8-11)9-14-4-6-16-7-5-14/h1-3,8H,4-7,9H2,(H2,13,15). The van der Waals surface area contributed by atoms with Crippen LogP contribution < -0.4 is 5.73 Å². The van der Waals surface area contributed by atoms with Gasteiger partial charge in [-0.3, -0.25) is 9.69 Å².